The molecule has 1 nitrogen and oxygen atoms in total. The van der Waals surface area contributed by atoms with Gasteiger partial charge in [0.1, 0.15) is 0 Å². The Labute approximate surface area is 132 Å². The standard InChI is InChI=1S/C18H28BrN/c1-5-17(6-2)11-18(12-17,13-20-14(3)4)15-9-7-8-10-16(15)19/h7-10,14,20H,5-6,11-13H2,1-4H3. The van der Waals surface area contributed by atoms with E-state index in [0.29, 0.717) is 16.9 Å². The van der Waals surface area contributed by atoms with E-state index >= 15 is 0 Å². The third kappa shape index (κ3) is 2.96. The molecule has 0 spiro atoms. The van der Waals surface area contributed by atoms with Gasteiger partial charge in [-0.15, -0.1) is 0 Å². The highest BCUT2D eigenvalue weighted by atomic mass is 79.9. The second-order valence-corrected chi connectivity index (χ2v) is 7.71. The van der Waals surface area contributed by atoms with Gasteiger partial charge in [0.2, 0.25) is 0 Å². The molecule has 1 aliphatic carbocycles. The lowest BCUT2D eigenvalue weighted by atomic mass is 9.48. The van der Waals surface area contributed by atoms with Crippen molar-refractivity contribution in [3.05, 3.63) is 34.3 Å². The van der Waals surface area contributed by atoms with Crippen LogP contribution >= 0.6 is 15.9 Å². The fourth-order valence-electron chi connectivity index (χ4n) is 3.84. The average Bonchev–Trinajstić information content (AvgIpc) is 2.39. The molecule has 0 atom stereocenters. The van der Waals surface area contributed by atoms with E-state index < -0.39 is 0 Å². The molecule has 0 heterocycles. The highest BCUT2D eigenvalue weighted by Crippen LogP contribution is 2.59. The second kappa shape index (κ2) is 6.19. The van der Waals surface area contributed by atoms with E-state index in [0.717, 1.165) is 6.54 Å². The Morgan fingerprint density at radius 3 is 2.25 bits per heavy atom. The maximum atomic E-state index is 3.77. The monoisotopic (exact) mass is 337 g/mol. The molecule has 1 N–H and O–H groups in total. The molecule has 1 saturated carbocycles. The van der Waals surface area contributed by atoms with Crippen molar-refractivity contribution in [3.8, 4) is 0 Å². The second-order valence-electron chi connectivity index (χ2n) is 6.86. The number of benzene rings is 1. The summed E-state index contributed by atoms with van der Waals surface area (Å²) in [5.74, 6) is 0. The van der Waals surface area contributed by atoms with Gasteiger partial charge in [0.05, 0.1) is 0 Å². The zero-order valence-corrected chi connectivity index (χ0v) is 14.9. The summed E-state index contributed by atoms with van der Waals surface area (Å²) in [5.41, 5.74) is 2.37. The van der Waals surface area contributed by atoms with Crippen LogP contribution in [-0.4, -0.2) is 12.6 Å². The molecule has 20 heavy (non-hydrogen) atoms. The summed E-state index contributed by atoms with van der Waals surface area (Å²) in [6.07, 6.45) is 5.24. The Balaban J connectivity index is 2.26. The van der Waals surface area contributed by atoms with Gasteiger partial charge in [-0.25, -0.2) is 0 Å². The predicted molar refractivity (Wildman–Crippen MR) is 91.2 cm³/mol. The van der Waals surface area contributed by atoms with Crippen LogP contribution in [0, 0.1) is 5.41 Å². The maximum absolute atomic E-state index is 3.77. The molecular formula is C18H28BrN. The van der Waals surface area contributed by atoms with Crippen molar-refractivity contribution in [3.63, 3.8) is 0 Å². The minimum Gasteiger partial charge on any atom is -0.314 e. The topological polar surface area (TPSA) is 12.0 Å². The zero-order valence-electron chi connectivity index (χ0n) is 13.3. The van der Waals surface area contributed by atoms with E-state index in [9.17, 15) is 0 Å². The van der Waals surface area contributed by atoms with Crippen molar-refractivity contribution in [2.45, 2.75) is 64.8 Å². The first-order valence-electron chi connectivity index (χ1n) is 7.95. The molecule has 1 aromatic carbocycles. The summed E-state index contributed by atoms with van der Waals surface area (Å²) in [6, 6.07) is 9.33. The first kappa shape index (κ1) is 16.0. The molecule has 2 heteroatoms. The maximum Gasteiger partial charge on any atom is 0.0213 e. The van der Waals surface area contributed by atoms with Gasteiger partial charge in [0, 0.05) is 22.5 Å². The molecule has 2 rings (SSSR count). The number of nitrogens with one attached hydrogen (secondary N) is 1. The van der Waals surface area contributed by atoms with Gasteiger partial charge in [-0.05, 0) is 29.9 Å². The number of rotatable bonds is 6. The molecule has 1 aliphatic rings. The number of hydrogen-bond acceptors (Lipinski definition) is 1. The molecule has 1 aromatic rings. The van der Waals surface area contributed by atoms with Crippen LogP contribution in [0.3, 0.4) is 0 Å². The lowest BCUT2D eigenvalue weighted by molar-refractivity contribution is 0.0114. The van der Waals surface area contributed by atoms with Gasteiger partial charge in [-0.3, -0.25) is 0 Å². The van der Waals surface area contributed by atoms with Crippen LogP contribution in [0.4, 0.5) is 0 Å². The van der Waals surface area contributed by atoms with Crippen LogP contribution in [0.5, 0.6) is 0 Å². The highest BCUT2D eigenvalue weighted by Gasteiger charge is 2.53. The molecule has 0 aliphatic heterocycles. The predicted octanol–water partition coefficient (Wildman–Crippen LogP) is 5.29. The highest BCUT2D eigenvalue weighted by molar-refractivity contribution is 9.10. The minimum absolute atomic E-state index is 0.316. The molecule has 0 amide bonds. The van der Waals surface area contributed by atoms with E-state index in [1.807, 2.05) is 0 Å². The minimum atomic E-state index is 0.316. The Kier molecular flexibility index (Phi) is 4.96. The lowest BCUT2D eigenvalue weighted by Gasteiger charge is -2.57. The smallest absolute Gasteiger partial charge is 0.0213 e. The molecule has 0 saturated heterocycles. The third-order valence-electron chi connectivity index (χ3n) is 5.22. The summed E-state index contributed by atoms with van der Waals surface area (Å²) in [5, 5.41) is 3.68. The van der Waals surface area contributed by atoms with Crippen molar-refractivity contribution in [1.29, 1.82) is 0 Å². The van der Waals surface area contributed by atoms with Gasteiger partial charge in [-0.1, -0.05) is 74.7 Å². The van der Waals surface area contributed by atoms with Crippen molar-refractivity contribution >= 4 is 15.9 Å². The van der Waals surface area contributed by atoms with Crippen LogP contribution in [0.1, 0.15) is 58.9 Å². The molecule has 112 valence electrons. The van der Waals surface area contributed by atoms with Gasteiger partial charge >= 0.3 is 0 Å². The van der Waals surface area contributed by atoms with Crippen molar-refractivity contribution < 1.29 is 0 Å². The summed E-state index contributed by atoms with van der Waals surface area (Å²) >= 11 is 3.77. The average molecular weight is 338 g/mol. The fourth-order valence-corrected chi connectivity index (χ4v) is 4.54. The Morgan fingerprint density at radius 2 is 1.75 bits per heavy atom. The van der Waals surface area contributed by atoms with Crippen LogP contribution in [0.15, 0.2) is 28.7 Å². The molecule has 0 aromatic heterocycles. The molecule has 0 bridgehead atoms. The number of halogens is 1. The molecule has 1 fully saturated rings. The summed E-state index contributed by atoms with van der Waals surface area (Å²) in [4.78, 5) is 0. The van der Waals surface area contributed by atoms with Gasteiger partial charge in [0.25, 0.3) is 0 Å². The van der Waals surface area contributed by atoms with Crippen LogP contribution in [-0.2, 0) is 5.41 Å². The largest absolute Gasteiger partial charge is 0.314 e. The zero-order chi connectivity index (χ0) is 14.8. The van der Waals surface area contributed by atoms with E-state index in [1.54, 1.807) is 0 Å². The van der Waals surface area contributed by atoms with E-state index in [1.165, 1.54) is 35.7 Å². The third-order valence-corrected chi connectivity index (χ3v) is 5.91. The van der Waals surface area contributed by atoms with Gasteiger partial charge in [-0.2, -0.15) is 0 Å². The van der Waals surface area contributed by atoms with E-state index in [2.05, 4.69) is 73.2 Å². The van der Waals surface area contributed by atoms with E-state index in [4.69, 9.17) is 0 Å². The quantitative estimate of drug-likeness (QED) is 0.744. The molecule has 0 unspecified atom stereocenters. The van der Waals surface area contributed by atoms with Gasteiger partial charge < -0.3 is 5.32 Å². The Hall–Kier alpha value is -0.340. The summed E-state index contributed by atoms with van der Waals surface area (Å²) < 4.78 is 1.27. The van der Waals surface area contributed by atoms with Crippen LogP contribution < -0.4 is 5.32 Å². The summed E-state index contributed by atoms with van der Waals surface area (Å²) in [6.45, 7) is 10.3. The van der Waals surface area contributed by atoms with Crippen LogP contribution in [0.2, 0.25) is 0 Å². The van der Waals surface area contributed by atoms with E-state index in [-0.39, 0.29) is 0 Å². The van der Waals surface area contributed by atoms with Gasteiger partial charge in [0.15, 0.2) is 0 Å². The fraction of sp³-hybridized carbons (Fsp3) is 0.667. The van der Waals surface area contributed by atoms with Crippen LogP contribution in [0.25, 0.3) is 0 Å². The first-order valence-corrected chi connectivity index (χ1v) is 8.75. The Morgan fingerprint density at radius 1 is 1.15 bits per heavy atom. The van der Waals surface area contributed by atoms with Crippen molar-refractivity contribution in [2.24, 2.45) is 5.41 Å². The number of hydrogen-bond donors (Lipinski definition) is 1. The lowest BCUT2D eigenvalue weighted by Crippen LogP contribution is -2.55. The normalized spacial score (nSPS) is 19.9. The first-order chi connectivity index (χ1) is 9.47. The SMILES string of the molecule is CCC1(CC)CC(CNC(C)C)(c2ccccc2Br)C1. The summed E-state index contributed by atoms with van der Waals surface area (Å²) in [7, 11) is 0. The van der Waals surface area contributed by atoms with Crippen molar-refractivity contribution in [1.82, 2.24) is 5.32 Å². The molecular weight excluding hydrogens is 310 g/mol. The molecule has 0 radical (unpaired) electrons. The van der Waals surface area contributed by atoms with Crippen molar-refractivity contribution in [2.75, 3.05) is 6.54 Å². The Bertz CT molecular complexity index is 440.